The minimum absolute atomic E-state index is 0.234. The van der Waals surface area contributed by atoms with E-state index in [2.05, 4.69) is 5.32 Å². The van der Waals surface area contributed by atoms with E-state index in [1.807, 2.05) is 0 Å². The zero-order chi connectivity index (χ0) is 8.81. The minimum Gasteiger partial charge on any atom is -0.385 e. The van der Waals surface area contributed by atoms with Gasteiger partial charge in [0.15, 0.2) is 0 Å². The van der Waals surface area contributed by atoms with Gasteiger partial charge in [-0.3, -0.25) is 4.79 Å². The maximum Gasteiger partial charge on any atom is 0.223 e. The molecule has 1 amide bonds. The Hall–Kier alpha value is -0.570. The van der Waals surface area contributed by atoms with Crippen LogP contribution in [-0.4, -0.2) is 26.2 Å². The lowest BCUT2D eigenvalue weighted by Crippen LogP contribution is -2.35. The summed E-state index contributed by atoms with van der Waals surface area (Å²) in [6, 6.07) is 0. The molecular formula is C9H17NO2. The molecule has 1 N–H and O–H groups in total. The third-order valence-corrected chi connectivity index (χ3v) is 2.30. The molecule has 0 radical (unpaired) electrons. The van der Waals surface area contributed by atoms with E-state index in [9.17, 15) is 4.79 Å². The number of hydrogen-bond acceptors (Lipinski definition) is 2. The van der Waals surface area contributed by atoms with Crippen LogP contribution in [0.3, 0.4) is 0 Å². The Balaban J connectivity index is 1.94. The van der Waals surface area contributed by atoms with Crippen LogP contribution in [0.15, 0.2) is 0 Å². The van der Waals surface area contributed by atoms with Gasteiger partial charge in [0, 0.05) is 26.2 Å². The van der Waals surface area contributed by atoms with Crippen LogP contribution >= 0.6 is 0 Å². The molecule has 0 saturated heterocycles. The first-order chi connectivity index (χ1) is 5.84. The largest absolute Gasteiger partial charge is 0.385 e. The van der Waals surface area contributed by atoms with Crippen molar-refractivity contribution in [3.05, 3.63) is 0 Å². The van der Waals surface area contributed by atoms with E-state index in [0.29, 0.717) is 5.92 Å². The number of rotatable bonds is 5. The third kappa shape index (κ3) is 2.81. The highest BCUT2D eigenvalue weighted by Crippen LogP contribution is 2.25. The van der Waals surface area contributed by atoms with Crippen LogP contribution < -0.4 is 5.32 Å². The average molecular weight is 171 g/mol. The van der Waals surface area contributed by atoms with Gasteiger partial charge in [0.2, 0.25) is 5.91 Å². The molecule has 0 aromatic rings. The van der Waals surface area contributed by atoms with E-state index in [4.69, 9.17) is 4.74 Å². The van der Waals surface area contributed by atoms with Gasteiger partial charge in [-0.1, -0.05) is 6.42 Å². The number of methoxy groups -OCH3 is 1. The quantitative estimate of drug-likeness (QED) is 0.625. The van der Waals surface area contributed by atoms with Crippen molar-refractivity contribution in [2.45, 2.75) is 25.7 Å². The van der Waals surface area contributed by atoms with Crippen molar-refractivity contribution < 1.29 is 9.53 Å². The van der Waals surface area contributed by atoms with Crippen LogP contribution in [0.1, 0.15) is 25.7 Å². The maximum absolute atomic E-state index is 11.2. The lowest BCUT2D eigenvalue weighted by molar-refractivity contribution is -0.127. The Morgan fingerprint density at radius 3 is 2.83 bits per heavy atom. The Bertz CT molecular complexity index is 143. The highest BCUT2D eigenvalue weighted by molar-refractivity contribution is 5.79. The molecule has 70 valence electrons. The topological polar surface area (TPSA) is 38.3 Å². The van der Waals surface area contributed by atoms with Gasteiger partial charge in [-0.15, -0.1) is 0 Å². The first-order valence-electron chi connectivity index (χ1n) is 4.61. The van der Waals surface area contributed by atoms with E-state index in [0.717, 1.165) is 32.4 Å². The Labute approximate surface area is 73.5 Å². The summed E-state index contributed by atoms with van der Waals surface area (Å²) in [5.41, 5.74) is 0. The molecule has 0 bridgehead atoms. The summed E-state index contributed by atoms with van der Waals surface area (Å²) in [6.07, 6.45) is 4.29. The molecule has 0 aromatic carbocycles. The van der Waals surface area contributed by atoms with Gasteiger partial charge in [0.05, 0.1) is 0 Å². The van der Waals surface area contributed by atoms with E-state index in [1.54, 1.807) is 7.11 Å². The van der Waals surface area contributed by atoms with Crippen molar-refractivity contribution in [3.63, 3.8) is 0 Å². The summed E-state index contributed by atoms with van der Waals surface area (Å²) in [5, 5.41) is 2.90. The van der Waals surface area contributed by atoms with Crippen LogP contribution in [-0.2, 0) is 9.53 Å². The first kappa shape index (κ1) is 9.52. The summed E-state index contributed by atoms with van der Waals surface area (Å²) < 4.78 is 4.87. The maximum atomic E-state index is 11.2. The van der Waals surface area contributed by atoms with E-state index in [-0.39, 0.29) is 5.91 Å². The van der Waals surface area contributed by atoms with Crippen molar-refractivity contribution in [2.24, 2.45) is 5.92 Å². The molecule has 0 atom stereocenters. The average Bonchev–Trinajstić information content (AvgIpc) is 1.95. The van der Waals surface area contributed by atoms with E-state index in [1.165, 1.54) is 6.42 Å². The zero-order valence-corrected chi connectivity index (χ0v) is 7.64. The Morgan fingerprint density at radius 1 is 1.58 bits per heavy atom. The van der Waals surface area contributed by atoms with Crippen molar-refractivity contribution in [1.29, 1.82) is 0 Å². The molecule has 1 fully saturated rings. The van der Waals surface area contributed by atoms with Gasteiger partial charge < -0.3 is 10.1 Å². The SMILES string of the molecule is COCCCNC(=O)C1CCC1. The normalized spacial score (nSPS) is 17.1. The second-order valence-electron chi connectivity index (χ2n) is 3.27. The van der Waals surface area contributed by atoms with Crippen molar-refractivity contribution in [2.75, 3.05) is 20.3 Å². The lowest BCUT2D eigenvalue weighted by Gasteiger charge is -2.23. The van der Waals surface area contributed by atoms with Crippen LogP contribution in [0.4, 0.5) is 0 Å². The van der Waals surface area contributed by atoms with Crippen molar-refractivity contribution in [1.82, 2.24) is 5.32 Å². The Morgan fingerprint density at radius 2 is 2.33 bits per heavy atom. The minimum atomic E-state index is 0.234. The number of nitrogens with one attached hydrogen (secondary N) is 1. The number of ether oxygens (including phenoxy) is 1. The molecule has 0 aliphatic heterocycles. The number of hydrogen-bond donors (Lipinski definition) is 1. The molecule has 1 saturated carbocycles. The predicted molar refractivity (Wildman–Crippen MR) is 46.8 cm³/mol. The molecule has 3 nitrogen and oxygen atoms in total. The molecule has 1 rings (SSSR count). The van der Waals surface area contributed by atoms with Gasteiger partial charge >= 0.3 is 0 Å². The Kier molecular flexibility index (Phi) is 4.08. The standard InChI is InChI=1S/C9H17NO2/c1-12-7-3-6-10-9(11)8-4-2-5-8/h8H,2-7H2,1H3,(H,10,11). The summed E-state index contributed by atoms with van der Waals surface area (Å²) in [5.74, 6) is 0.546. The fraction of sp³-hybridized carbons (Fsp3) is 0.889. The monoisotopic (exact) mass is 171 g/mol. The van der Waals surface area contributed by atoms with Crippen LogP contribution in [0.5, 0.6) is 0 Å². The molecular weight excluding hydrogens is 154 g/mol. The summed E-state index contributed by atoms with van der Waals surface area (Å²) in [7, 11) is 1.67. The van der Waals surface area contributed by atoms with Gasteiger partial charge in [0.1, 0.15) is 0 Å². The number of carbonyl (C=O) groups is 1. The summed E-state index contributed by atoms with van der Waals surface area (Å²) in [4.78, 5) is 11.2. The molecule has 1 aliphatic carbocycles. The van der Waals surface area contributed by atoms with E-state index < -0.39 is 0 Å². The highest BCUT2D eigenvalue weighted by Gasteiger charge is 2.24. The number of carbonyl (C=O) groups excluding carboxylic acids is 1. The van der Waals surface area contributed by atoms with Crippen molar-refractivity contribution >= 4 is 5.91 Å². The fourth-order valence-corrected chi connectivity index (χ4v) is 1.24. The molecule has 0 unspecified atom stereocenters. The summed E-state index contributed by atoms with van der Waals surface area (Å²) >= 11 is 0. The zero-order valence-electron chi connectivity index (χ0n) is 7.64. The van der Waals surface area contributed by atoms with Crippen LogP contribution in [0, 0.1) is 5.92 Å². The van der Waals surface area contributed by atoms with Gasteiger partial charge in [-0.25, -0.2) is 0 Å². The van der Waals surface area contributed by atoms with E-state index >= 15 is 0 Å². The second kappa shape index (κ2) is 5.14. The predicted octanol–water partition coefficient (Wildman–Crippen LogP) is 0.939. The highest BCUT2D eigenvalue weighted by atomic mass is 16.5. The summed E-state index contributed by atoms with van der Waals surface area (Å²) in [6.45, 7) is 1.48. The molecule has 12 heavy (non-hydrogen) atoms. The van der Waals surface area contributed by atoms with Crippen LogP contribution in [0.25, 0.3) is 0 Å². The molecule has 1 aliphatic rings. The third-order valence-electron chi connectivity index (χ3n) is 2.30. The van der Waals surface area contributed by atoms with Gasteiger partial charge in [-0.05, 0) is 19.3 Å². The lowest BCUT2D eigenvalue weighted by atomic mass is 9.85. The molecule has 0 spiro atoms. The molecule has 0 heterocycles. The fourth-order valence-electron chi connectivity index (χ4n) is 1.24. The molecule has 3 heteroatoms. The van der Waals surface area contributed by atoms with Crippen molar-refractivity contribution in [3.8, 4) is 0 Å². The first-order valence-corrected chi connectivity index (χ1v) is 4.61. The second-order valence-corrected chi connectivity index (χ2v) is 3.27. The number of amides is 1. The molecule has 0 aromatic heterocycles. The van der Waals surface area contributed by atoms with Gasteiger partial charge in [0.25, 0.3) is 0 Å². The van der Waals surface area contributed by atoms with Gasteiger partial charge in [-0.2, -0.15) is 0 Å². The van der Waals surface area contributed by atoms with Crippen LogP contribution in [0.2, 0.25) is 0 Å². The smallest absolute Gasteiger partial charge is 0.223 e.